The number of benzene rings is 2. The Bertz CT molecular complexity index is 704. The minimum atomic E-state index is -0.645. The Morgan fingerprint density at radius 3 is 2.62 bits per heavy atom. The monoisotopic (exact) mass is 305 g/mol. The summed E-state index contributed by atoms with van der Waals surface area (Å²) >= 11 is 5.92. The van der Waals surface area contributed by atoms with Gasteiger partial charge < -0.3 is 11.1 Å². The largest absolute Gasteiger partial charge is 0.326 e. The lowest BCUT2D eigenvalue weighted by Gasteiger charge is -2.10. The number of anilines is 1. The summed E-state index contributed by atoms with van der Waals surface area (Å²) in [5, 5.41) is 13.6. The van der Waals surface area contributed by atoms with Crippen molar-refractivity contribution in [2.75, 3.05) is 5.32 Å². The Morgan fingerprint density at radius 1 is 1.24 bits per heavy atom. The van der Waals surface area contributed by atoms with Crippen LogP contribution in [-0.4, -0.2) is 10.8 Å². The number of rotatable bonds is 4. The van der Waals surface area contributed by atoms with Gasteiger partial charge >= 0.3 is 0 Å². The Kier molecular flexibility index (Phi) is 4.52. The van der Waals surface area contributed by atoms with E-state index in [0.29, 0.717) is 5.69 Å². The predicted octanol–water partition coefficient (Wildman–Crippen LogP) is 2.96. The molecule has 3 N–H and O–H groups in total. The summed E-state index contributed by atoms with van der Waals surface area (Å²) in [6, 6.07) is 11.0. The number of hydrogen-bond acceptors (Lipinski definition) is 4. The SMILES string of the molecule is NCc1ccccc1NC(=O)c1c(Cl)cccc1[N+](=O)[O-]. The Morgan fingerprint density at radius 2 is 1.95 bits per heavy atom. The molecule has 0 spiro atoms. The van der Waals surface area contributed by atoms with E-state index in [4.69, 9.17) is 17.3 Å². The zero-order chi connectivity index (χ0) is 15.4. The van der Waals surface area contributed by atoms with E-state index in [0.717, 1.165) is 5.56 Å². The zero-order valence-corrected chi connectivity index (χ0v) is 11.6. The van der Waals surface area contributed by atoms with Crippen molar-refractivity contribution in [3.8, 4) is 0 Å². The fourth-order valence-corrected chi connectivity index (χ4v) is 2.15. The first-order valence-corrected chi connectivity index (χ1v) is 6.44. The zero-order valence-electron chi connectivity index (χ0n) is 10.9. The number of nitrogens with zero attached hydrogens (tertiary/aromatic N) is 1. The van der Waals surface area contributed by atoms with Crippen molar-refractivity contribution in [2.45, 2.75) is 6.54 Å². The molecule has 6 nitrogen and oxygen atoms in total. The minimum Gasteiger partial charge on any atom is -0.326 e. The highest BCUT2D eigenvalue weighted by Crippen LogP contribution is 2.27. The summed E-state index contributed by atoms with van der Waals surface area (Å²) in [6.07, 6.45) is 0. The van der Waals surface area contributed by atoms with Crippen LogP contribution in [0.4, 0.5) is 11.4 Å². The molecule has 108 valence electrons. The lowest BCUT2D eigenvalue weighted by atomic mass is 10.1. The maximum atomic E-state index is 12.3. The minimum absolute atomic E-state index is 0.0203. The second kappa shape index (κ2) is 6.34. The van der Waals surface area contributed by atoms with Gasteiger partial charge in [0.25, 0.3) is 11.6 Å². The van der Waals surface area contributed by atoms with Gasteiger partial charge in [0.05, 0.1) is 9.95 Å². The lowest BCUT2D eigenvalue weighted by molar-refractivity contribution is -0.385. The van der Waals surface area contributed by atoms with Gasteiger partial charge in [0.1, 0.15) is 5.56 Å². The van der Waals surface area contributed by atoms with Crippen LogP contribution in [0.1, 0.15) is 15.9 Å². The number of nitrogens with two attached hydrogens (primary N) is 1. The summed E-state index contributed by atoms with van der Waals surface area (Å²) in [5.41, 5.74) is 6.30. The van der Waals surface area contributed by atoms with Crippen LogP contribution in [0.2, 0.25) is 5.02 Å². The molecular formula is C14H12ClN3O3. The van der Waals surface area contributed by atoms with Crippen molar-refractivity contribution in [2.24, 2.45) is 5.73 Å². The van der Waals surface area contributed by atoms with Crippen LogP contribution in [-0.2, 0) is 6.54 Å². The quantitative estimate of drug-likeness (QED) is 0.670. The van der Waals surface area contributed by atoms with Gasteiger partial charge in [-0.15, -0.1) is 0 Å². The van der Waals surface area contributed by atoms with Gasteiger partial charge in [-0.05, 0) is 17.7 Å². The van der Waals surface area contributed by atoms with E-state index in [1.807, 2.05) is 0 Å². The van der Waals surface area contributed by atoms with E-state index in [2.05, 4.69) is 5.32 Å². The number of amides is 1. The molecule has 0 aliphatic heterocycles. The van der Waals surface area contributed by atoms with Crippen LogP contribution in [0.25, 0.3) is 0 Å². The molecule has 0 aliphatic rings. The van der Waals surface area contributed by atoms with E-state index < -0.39 is 10.8 Å². The van der Waals surface area contributed by atoms with Crippen LogP contribution in [0.3, 0.4) is 0 Å². The highest BCUT2D eigenvalue weighted by atomic mass is 35.5. The first-order valence-electron chi connectivity index (χ1n) is 6.07. The first-order chi connectivity index (χ1) is 10.0. The predicted molar refractivity (Wildman–Crippen MR) is 80.4 cm³/mol. The smallest absolute Gasteiger partial charge is 0.283 e. The van der Waals surface area contributed by atoms with Gasteiger partial charge in [-0.1, -0.05) is 35.9 Å². The molecule has 0 radical (unpaired) electrons. The molecule has 2 rings (SSSR count). The molecule has 21 heavy (non-hydrogen) atoms. The third kappa shape index (κ3) is 3.18. The Labute approximate surface area is 125 Å². The molecule has 0 unspecified atom stereocenters. The van der Waals surface area contributed by atoms with Crippen molar-refractivity contribution in [3.63, 3.8) is 0 Å². The van der Waals surface area contributed by atoms with E-state index in [1.165, 1.54) is 18.2 Å². The third-order valence-electron chi connectivity index (χ3n) is 2.90. The number of carbonyl (C=O) groups excluding carboxylic acids is 1. The standard InChI is InChI=1S/C14H12ClN3O3/c15-10-5-3-7-12(18(20)21)13(10)14(19)17-11-6-2-1-4-9(11)8-16/h1-7H,8,16H2,(H,17,19). The van der Waals surface area contributed by atoms with Crippen LogP contribution in [0.5, 0.6) is 0 Å². The number of nitro benzene ring substituents is 1. The Balaban J connectivity index is 2.39. The fourth-order valence-electron chi connectivity index (χ4n) is 1.89. The van der Waals surface area contributed by atoms with Gasteiger partial charge in [-0.25, -0.2) is 0 Å². The fraction of sp³-hybridized carbons (Fsp3) is 0.0714. The van der Waals surface area contributed by atoms with Gasteiger partial charge in [-0.3, -0.25) is 14.9 Å². The van der Waals surface area contributed by atoms with Gasteiger partial charge in [0.2, 0.25) is 0 Å². The summed E-state index contributed by atoms with van der Waals surface area (Å²) in [4.78, 5) is 22.6. The molecule has 2 aromatic rings. The summed E-state index contributed by atoms with van der Waals surface area (Å²) < 4.78 is 0. The number of carbonyl (C=O) groups is 1. The summed E-state index contributed by atoms with van der Waals surface area (Å²) in [5.74, 6) is -0.645. The highest BCUT2D eigenvalue weighted by Gasteiger charge is 2.23. The molecule has 0 aliphatic carbocycles. The lowest BCUT2D eigenvalue weighted by Crippen LogP contribution is -2.16. The van der Waals surface area contributed by atoms with Crippen LogP contribution in [0.15, 0.2) is 42.5 Å². The van der Waals surface area contributed by atoms with E-state index >= 15 is 0 Å². The maximum Gasteiger partial charge on any atom is 0.283 e. The third-order valence-corrected chi connectivity index (χ3v) is 3.22. The van der Waals surface area contributed by atoms with Crippen LogP contribution >= 0.6 is 11.6 Å². The molecule has 7 heteroatoms. The topological polar surface area (TPSA) is 98.3 Å². The molecule has 0 aromatic heterocycles. The molecular weight excluding hydrogens is 294 g/mol. The average Bonchev–Trinajstić information content (AvgIpc) is 2.47. The van der Waals surface area contributed by atoms with Crippen molar-refractivity contribution in [1.82, 2.24) is 0 Å². The van der Waals surface area contributed by atoms with Crippen molar-refractivity contribution in [1.29, 1.82) is 0 Å². The number of halogens is 1. The molecule has 0 heterocycles. The molecule has 0 atom stereocenters. The number of para-hydroxylation sites is 1. The van der Waals surface area contributed by atoms with Crippen molar-refractivity contribution in [3.05, 3.63) is 68.7 Å². The van der Waals surface area contributed by atoms with E-state index in [9.17, 15) is 14.9 Å². The summed E-state index contributed by atoms with van der Waals surface area (Å²) in [7, 11) is 0. The van der Waals surface area contributed by atoms with Gasteiger partial charge in [0, 0.05) is 18.3 Å². The Hall–Kier alpha value is -2.44. The van der Waals surface area contributed by atoms with E-state index in [-0.39, 0.29) is 22.8 Å². The number of hydrogen-bond donors (Lipinski definition) is 2. The molecule has 2 aromatic carbocycles. The average molecular weight is 306 g/mol. The first kappa shape index (κ1) is 15.0. The van der Waals surface area contributed by atoms with Crippen molar-refractivity contribution >= 4 is 28.9 Å². The van der Waals surface area contributed by atoms with Crippen LogP contribution in [0, 0.1) is 10.1 Å². The molecule has 1 amide bonds. The molecule has 0 saturated carbocycles. The molecule has 0 fully saturated rings. The maximum absolute atomic E-state index is 12.3. The number of nitro groups is 1. The van der Waals surface area contributed by atoms with Gasteiger partial charge in [-0.2, -0.15) is 0 Å². The van der Waals surface area contributed by atoms with E-state index in [1.54, 1.807) is 24.3 Å². The second-order valence-corrected chi connectivity index (χ2v) is 4.61. The molecule has 0 saturated heterocycles. The van der Waals surface area contributed by atoms with Gasteiger partial charge in [0.15, 0.2) is 0 Å². The van der Waals surface area contributed by atoms with Crippen molar-refractivity contribution < 1.29 is 9.72 Å². The second-order valence-electron chi connectivity index (χ2n) is 4.21. The molecule has 0 bridgehead atoms. The normalized spacial score (nSPS) is 10.2. The van der Waals surface area contributed by atoms with Crippen LogP contribution < -0.4 is 11.1 Å². The number of nitrogens with one attached hydrogen (secondary N) is 1. The summed E-state index contributed by atoms with van der Waals surface area (Å²) in [6.45, 7) is 0.237. The highest BCUT2D eigenvalue weighted by molar-refractivity contribution is 6.35.